The van der Waals surface area contributed by atoms with Crippen LogP contribution in [-0.2, 0) is 9.59 Å². The van der Waals surface area contributed by atoms with Crippen LogP contribution < -0.4 is 11.1 Å². The number of carboxylic acid groups (broad SMARTS) is 1. The monoisotopic (exact) mass is 285 g/mol. The van der Waals surface area contributed by atoms with Crippen LogP contribution in [-0.4, -0.2) is 46.0 Å². The van der Waals surface area contributed by atoms with Gasteiger partial charge < -0.3 is 21.1 Å². The molecule has 0 heterocycles. The number of primary amides is 1. The highest BCUT2D eigenvalue weighted by Crippen LogP contribution is 2.32. The Morgan fingerprint density at radius 3 is 2.25 bits per heavy atom. The van der Waals surface area contributed by atoms with Gasteiger partial charge in [0.15, 0.2) is 0 Å². The second kappa shape index (κ2) is 6.58. The minimum absolute atomic E-state index is 0.0960. The number of carboxylic acids is 1. The lowest BCUT2D eigenvalue weighted by atomic mass is 9.93. The Morgan fingerprint density at radius 1 is 1.30 bits per heavy atom. The van der Waals surface area contributed by atoms with Crippen molar-refractivity contribution in [1.29, 1.82) is 0 Å². The number of carbonyl (C=O) groups excluding carboxylic acids is 2. The Hall–Kier alpha value is -1.79. The van der Waals surface area contributed by atoms with E-state index >= 15 is 0 Å². The fraction of sp³-hybridized carbons (Fsp3) is 0.769. The summed E-state index contributed by atoms with van der Waals surface area (Å²) in [5.41, 5.74) is 4.44. The van der Waals surface area contributed by atoms with Gasteiger partial charge in [-0.05, 0) is 26.7 Å². The van der Waals surface area contributed by atoms with Gasteiger partial charge in [-0.3, -0.25) is 9.59 Å². The molecule has 0 aromatic heterocycles. The Bertz CT molecular complexity index is 389. The Labute approximate surface area is 118 Å². The summed E-state index contributed by atoms with van der Waals surface area (Å²) in [5, 5.41) is 11.8. The second-order valence-electron chi connectivity index (χ2n) is 5.68. The van der Waals surface area contributed by atoms with Gasteiger partial charge in [-0.25, -0.2) is 4.79 Å². The summed E-state index contributed by atoms with van der Waals surface area (Å²) in [7, 11) is 0. The molecule has 3 amide bonds. The summed E-state index contributed by atoms with van der Waals surface area (Å²) < 4.78 is 0. The number of carbonyl (C=O) groups is 3. The van der Waals surface area contributed by atoms with E-state index in [-0.39, 0.29) is 19.0 Å². The first-order chi connectivity index (χ1) is 9.26. The first-order valence-electron chi connectivity index (χ1n) is 6.85. The molecule has 0 atom stereocenters. The van der Waals surface area contributed by atoms with Crippen molar-refractivity contribution < 1.29 is 19.5 Å². The number of nitrogens with one attached hydrogen (secondary N) is 1. The number of rotatable bonds is 6. The highest BCUT2D eigenvalue weighted by molar-refractivity contribution is 5.84. The lowest BCUT2D eigenvalue weighted by Gasteiger charge is -2.33. The van der Waals surface area contributed by atoms with Crippen LogP contribution in [0.3, 0.4) is 0 Å². The van der Waals surface area contributed by atoms with E-state index in [9.17, 15) is 14.4 Å². The fourth-order valence-electron chi connectivity index (χ4n) is 2.64. The van der Waals surface area contributed by atoms with Crippen LogP contribution in [0.4, 0.5) is 4.79 Å². The molecule has 1 aliphatic rings. The molecular weight excluding hydrogens is 262 g/mol. The summed E-state index contributed by atoms with van der Waals surface area (Å²) in [6, 6.07) is -0.618. The number of aliphatic carboxylic acids is 1. The predicted molar refractivity (Wildman–Crippen MR) is 73.0 cm³/mol. The molecule has 0 aliphatic heterocycles. The first-order valence-corrected chi connectivity index (χ1v) is 6.85. The average Bonchev–Trinajstić information content (AvgIpc) is 2.72. The van der Waals surface area contributed by atoms with Crippen LogP contribution in [0.15, 0.2) is 0 Å². The zero-order valence-corrected chi connectivity index (χ0v) is 12.0. The summed E-state index contributed by atoms with van der Waals surface area (Å²) in [6.45, 7) is 3.38. The zero-order valence-electron chi connectivity index (χ0n) is 12.0. The number of amides is 3. The minimum Gasteiger partial charge on any atom is -0.481 e. The molecule has 0 radical (unpaired) electrons. The minimum atomic E-state index is -0.932. The van der Waals surface area contributed by atoms with Crippen LogP contribution >= 0.6 is 0 Å². The molecule has 1 saturated carbocycles. The molecule has 1 fully saturated rings. The first kappa shape index (κ1) is 16.3. The highest BCUT2D eigenvalue weighted by atomic mass is 16.4. The van der Waals surface area contributed by atoms with E-state index in [2.05, 4.69) is 5.32 Å². The third-order valence-corrected chi connectivity index (χ3v) is 3.63. The van der Waals surface area contributed by atoms with Crippen molar-refractivity contribution in [2.75, 3.05) is 6.54 Å². The topological polar surface area (TPSA) is 113 Å². The van der Waals surface area contributed by atoms with E-state index in [0.717, 1.165) is 12.8 Å². The summed E-state index contributed by atoms with van der Waals surface area (Å²) in [6.07, 6.45) is 2.98. The molecule has 0 saturated heterocycles. The summed E-state index contributed by atoms with van der Waals surface area (Å²) in [4.78, 5) is 35.6. The largest absolute Gasteiger partial charge is 0.481 e. The van der Waals surface area contributed by atoms with Gasteiger partial charge in [0.2, 0.25) is 5.91 Å². The van der Waals surface area contributed by atoms with E-state index < -0.39 is 23.4 Å². The number of hydrogen-bond donors (Lipinski definition) is 3. The van der Waals surface area contributed by atoms with Crippen molar-refractivity contribution >= 4 is 17.9 Å². The molecule has 0 bridgehead atoms. The van der Waals surface area contributed by atoms with Crippen molar-refractivity contribution in [3.05, 3.63) is 0 Å². The molecule has 0 aromatic rings. The molecule has 7 heteroatoms. The fourth-order valence-corrected chi connectivity index (χ4v) is 2.64. The average molecular weight is 285 g/mol. The normalized spacial score (nSPS) is 16.9. The zero-order chi connectivity index (χ0) is 15.3. The Morgan fingerprint density at radius 2 is 1.85 bits per heavy atom. The summed E-state index contributed by atoms with van der Waals surface area (Å²) in [5.74, 6) is -1.52. The van der Waals surface area contributed by atoms with Gasteiger partial charge in [-0.15, -0.1) is 0 Å². The molecule has 0 aromatic carbocycles. The molecular formula is C13H23N3O4. The maximum Gasteiger partial charge on any atom is 0.318 e. The van der Waals surface area contributed by atoms with Crippen LogP contribution in [0, 0.1) is 0 Å². The Balaban J connectivity index is 2.78. The van der Waals surface area contributed by atoms with Crippen molar-refractivity contribution in [1.82, 2.24) is 10.2 Å². The van der Waals surface area contributed by atoms with Gasteiger partial charge in [0.25, 0.3) is 0 Å². The highest BCUT2D eigenvalue weighted by Gasteiger charge is 2.38. The standard InChI is InChI=1S/C13H23N3O4/c1-9(2)16(8-10(14)17)12(20)15-13(7-11(18)19)5-3-4-6-13/h9H,3-8H2,1-2H3,(H2,14,17)(H,15,20)(H,18,19). The van der Waals surface area contributed by atoms with Crippen molar-refractivity contribution in [3.63, 3.8) is 0 Å². The number of nitrogens with two attached hydrogens (primary N) is 1. The lowest BCUT2D eigenvalue weighted by Crippen LogP contribution is -2.55. The van der Waals surface area contributed by atoms with Crippen molar-refractivity contribution in [2.24, 2.45) is 5.73 Å². The third kappa shape index (κ3) is 4.40. The Kier molecular flexibility index (Phi) is 5.35. The van der Waals surface area contributed by atoms with E-state index in [4.69, 9.17) is 10.8 Å². The van der Waals surface area contributed by atoms with Crippen molar-refractivity contribution in [3.8, 4) is 0 Å². The molecule has 0 spiro atoms. The SMILES string of the molecule is CC(C)N(CC(N)=O)C(=O)NC1(CC(=O)O)CCCC1. The van der Waals surface area contributed by atoms with Gasteiger partial charge in [-0.2, -0.15) is 0 Å². The van der Waals surface area contributed by atoms with Crippen LogP contribution in [0.1, 0.15) is 46.0 Å². The van der Waals surface area contributed by atoms with Crippen LogP contribution in [0.25, 0.3) is 0 Å². The van der Waals surface area contributed by atoms with Crippen molar-refractivity contribution in [2.45, 2.75) is 57.5 Å². The number of urea groups is 1. The van der Waals surface area contributed by atoms with E-state index in [0.29, 0.717) is 12.8 Å². The van der Waals surface area contributed by atoms with E-state index in [1.807, 2.05) is 0 Å². The molecule has 114 valence electrons. The quantitative estimate of drug-likeness (QED) is 0.666. The molecule has 1 aliphatic carbocycles. The smallest absolute Gasteiger partial charge is 0.318 e. The van der Waals surface area contributed by atoms with Crippen LogP contribution in [0.2, 0.25) is 0 Å². The van der Waals surface area contributed by atoms with Crippen LogP contribution in [0.5, 0.6) is 0 Å². The molecule has 20 heavy (non-hydrogen) atoms. The third-order valence-electron chi connectivity index (χ3n) is 3.63. The van der Waals surface area contributed by atoms with Gasteiger partial charge in [0.05, 0.1) is 12.0 Å². The number of nitrogens with zero attached hydrogens (tertiary/aromatic N) is 1. The van der Waals surface area contributed by atoms with Gasteiger partial charge in [0, 0.05) is 6.04 Å². The molecule has 0 unspecified atom stereocenters. The van der Waals surface area contributed by atoms with Gasteiger partial charge in [0.1, 0.15) is 6.54 Å². The van der Waals surface area contributed by atoms with Gasteiger partial charge >= 0.3 is 12.0 Å². The predicted octanol–water partition coefficient (Wildman–Crippen LogP) is 0.679. The second-order valence-corrected chi connectivity index (χ2v) is 5.68. The summed E-state index contributed by atoms with van der Waals surface area (Å²) >= 11 is 0. The molecule has 1 rings (SSSR count). The van der Waals surface area contributed by atoms with E-state index in [1.165, 1.54) is 4.90 Å². The maximum atomic E-state index is 12.3. The molecule has 4 N–H and O–H groups in total. The number of hydrogen-bond acceptors (Lipinski definition) is 3. The van der Waals surface area contributed by atoms with E-state index in [1.54, 1.807) is 13.8 Å². The molecule has 7 nitrogen and oxygen atoms in total. The van der Waals surface area contributed by atoms with Gasteiger partial charge in [-0.1, -0.05) is 12.8 Å². The lowest BCUT2D eigenvalue weighted by molar-refractivity contribution is -0.138. The maximum absolute atomic E-state index is 12.3.